The number of ether oxygens (including phenoxy) is 2. The molecule has 1 unspecified atom stereocenters. The zero-order chi connectivity index (χ0) is 28.5. The molecular formula is C29H24Cl2FN7O2. The highest BCUT2D eigenvalue weighted by atomic mass is 35.5. The second-order valence-electron chi connectivity index (χ2n) is 9.52. The van der Waals surface area contributed by atoms with Crippen molar-refractivity contribution in [2.75, 3.05) is 30.9 Å². The smallest absolute Gasteiger partial charge is 0.184 e. The number of rotatable bonds is 7. The number of aromatic nitrogens is 1. The van der Waals surface area contributed by atoms with E-state index < -0.39 is 12.1 Å². The second kappa shape index (κ2) is 11.4. The van der Waals surface area contributed by atoms with Crippen LogP contribution in [0, 0.1) is 17.1 Å². The maximum atomic E-state index is 13.8. The summed E-state index contributed by atoms with van der Waals surface area (Å²) in [7, 11) is 1.88. The molecule has 1 aromatic heterocycles. The molecule has 0 bridgehead atoms. The number of halogens is 3. The number of nitriles is 1. The SMILES string of the molecule is CN1C=C(C(Nc2cc(Cl)c3ncc(C#N)c(Nc4ccc(F)c(Cl)c4)c3c2)c2cccc(C3OCCO3)c2)NN1. The Balaban J connectivity index is 1.42. The van der Waals surface area contributed by atoms with E-state index in [1.807, 2.05) is 48.6 Å². The third-order valence-electron chi connectivity index (χ3n) is 6.70. The van der Waals surface area contributed by atoms with Gasteiger partial charge in [0.2, 0.25) is 0 Å². The average molecular weight is 592 g/mol. The standard InChI is InChI=1S/C29H24Cl2FN7O2/c1-39-15-25(37-38-39)27(16-3-2-4-17(9-16)29-40-7-8-41-29)36-20-10-21-26(35-19-5-6-24(32)22(30)11-19)18(13-33)14-34-28(21)23(31)12-20/h2-6,9-12,14-15,27,29,36-38H,7-8H2,1H3,(H,34,35). The molecule has 4 aromatic rings. The largest absolute Gasteiger partial charge is 0.373 e. The van der Waals surface area contributed by atoms with Crippen LogP contribution in [0.3, 0.4) is 0 Å². The molecule has 0 saturated carbocycles. The summed E-state index contributed by atoms with van der Waals surface area (Å²) in [5.74, 6) is -0.539. The van der Waals surface area contributed by atoms with Gasteiger partial charge < -0.3 is 25.5 Å². The zero-order valence-corrected chi connectivity index (χ0v) is 23.2. The molecule has 1 fully saturated rings. The molecule has 2 aliphatic heterocycles. The van der Waals surface area contributed by atoms with Gasteiger partial charge in [-0.3, -0.25) is 9.99 Å². The number of hydrogen-bond donors (Lipinski definition) is 4. The van der Waals surface area contributed by atoms with E-state index in [1.165, 1.54) is 18.3 Å². The predicted molar refractivity (Wildman–Crippen MR) is 156 cm³/mol. The summed E-state index contributed by atoms with van der Waals surface area (Å²) in [5, 5.41) is 19.4. The van der Waals surface area contributed by atoms with Gasteiger partial charge in [0.05, 0.1) is 51.8 Å². The third-order valence-corrected chi connectivity index (χ3v) is 7.28. The van der Waals surface area contributed by atoms with Crippen LogP contribution in [0.4, 0.5) is 21.5 Å². The van der Waals surface area contributed by atoms with E-state index in [2.05, 4.69) is 32.6 Å². The second-order valence-corrected chi connectivity index (χ2v) is 10.3. The van der Waals surface area contributed by atoms with Crippen molar-refractivity contribution in [3.63, 3.8) is 0 Å². The highest BCUT2D eigenvalue weighted by Crippen LogP contribution is 2.38. The first-order chi connectivity index (χ1) is 19.9. The Kier molecular flexibility index (Phi) is 7.53. The Bertz CT molecular complexity index is 1710. The van der Waals surface area contributed by atoms with E-state index in [9.17, 15) is 9.65 Å². The van der Waals surface area contributed by atoms with Gasteiger partial charge in [0.15, 0.2) is 6.29 Å². The first-order valence-electron chi connectivity index (χ1n) is 12.7. The number of anilines is 3. The van der Waals surface area contributed by atoms with Crippen LogP contribution in [0.5, 0.6) is 0 Å². The minimum absolute atomic E-state index is 0.0401. The first-order valence-corrected chi connectivity index (χ1v) is 13.5. The van der Waals surface area contributed by atoms with Crippen LogP contribution >= 0.6 is 23.2 Å². The topological polar surface area (TPSA) is 107 Å². The third kappa shape index (κ3) is 5.59. The van der Waals surface area contributed by atoms with Crippen molar-refractivity contribution in [2.24, 2.45) is 0 Å². The molecule has 9 nitrogen and oxygen atoms in total. The lowest BCUT2D eigenvalue weighted by Crippen LogP contribution is -2.35. The number of nitrogens with zero attached hydrogens (tertiary/aromatic N) is 3. The van der Waals surface area contributed by atoms with Crippen LogP contribution in [0.1, 0.15) is 29.0 Å². The van der Waals surface area contributed by atoms with Gasteiger partial charge in [-0.15, -0.1) is 5.53 Å². The van der Waals surface area contributed by atoms with E-state index in [-0.39, 0.29) is 16.6 Å². The summed E-state index contributed by atoms with van der Waals surface area (Å²) in [5.41, 5.74) is 11.4. The molecule has 0 amide bonds. The molecule has 3 aromatic carbocycles. The number of pyridine rings is 1. The van der Waals surface area contributed by atoms with Crippen LogP contribution in [0.2, 0.25) is 10.0 Å². The van der Waals surface area contributed by atoms with E-state index in [0.717, 1.165) is 16.8 Å². The highest BCUT2D eigenvalue weighted by Gasteiger charge is 2.25. The summed E-state index contributed by atoms with van der Waals surface area (Å²) in [6.45, 7) is 1.10. The molecule has 4 N–H and O–H groups in total. The van der Waals surface area contributed by atoms with Crippen molar-refractivity contribution in [3.8, 4) is 6.07 Å². The van der Waals surface area contributed by atoms with Gasteiger partial charge in [0.25, 0.3) is 0 Å². The van der Waals surface area contributed by atoms with Crippen molar-refractivity contribution in [3.05, 3.63) is 105 Å². The lowest BCUT2D eigenvalue weighted by Gasteiger charge is -2.23. The average Bonchev–Trinajstić information content (AvgIpc) is 3.67. The Morgan fingerprint density at radius 1 is 1.10 bits per heavy atom. The van der Waals surface area contributed by atoms with E-state index in [0.29, 0.717) is 46.2 Å². The van der Waals surface area contributed by atoms with Gasteiger partial charge in [0.1, 0.15) is 11.9 Å². The molecule has 0 radical (unpaired) electrons. The number of hydrazine groups is 2. The number of nitrogens with one attached hydrogen (secondary N) is 4. The van der Waals surface area contributed by atoms with Gasteiger partial charge in [-0.25, -0.2) is 4.39 Å². The van der Waals surface area contributed by atoms with E-state index in [1.54, 1.807) is 12.1 Å². The van der Waals surface area contributed by atoms with E-state index in [4.69, 9.17) is 32.7 Å². The van der Waals surface area contributed by atoms with Crippen LogP contribution in [-0.4, -0.2) is 30.3 Å². The molecule has 3 heterocycles. The normalized spacial score (nSPS) is 15.9. The monoisotopic (exact) mass is 591 g/mol. The predicted octanol–water partition coefficient (Wildman–Crippen LogP) is 6.29. The first kappa shape index (κ1) is 27.1. The Labute approximate surface area is 245 Å². The molecule has 0 spiro atoms. The van der Waals surface area contributed by atoms with Crippen LogP contribution in [0.15, 0.2) is 72.7 Å². The quantitative estimate of drug-likeness (QED) is 0.197. The molecular weight excluding hydrogens is 568 g/mol. The zero-order valence-electron chi connectivity index (χ0n) is 21.7. The van der Waals surface area contributed by atoms with Crippen molar-refractivity contribution < 1.29 is 13.9 Å². The summed E-state index contributed by atoms with van der Waals surface area (Å²) in [6, 6.07) is 17.7. The van der Waals surface area contributed by atoms with Gasteiger partial charge in [-0.2, -0.15) is 5.26 Å². The van der Waals surface area contributed by atoms with Gasteiger partial charge in [-0.05, 0) is 42.0 Å². The fraction of sp³-hybridized carbons (Fsp3) is 0.172. The Hall–Kier alpha value is -4.11. The molecule has 1 atom stereocenters. The summed E-state index contributed by atoms with van der Waals surface area (Å²) in [4.78, 5) is 4.43. The maximum absolute atomic E-state index is 13.8. The van der Waals surface area contributed by atoms with Crippen LogP contribution in [-0.2, 0) is 9.47 Å². The van der Waals surface area contributed by atoms with Gasteiger partial charge in [0, 0.05) is 41.8 Å². The van der Waals surface area contributed by atoms with Crippen molar-refractivity contribution in [2.45, 2.75) is 12.3 Å². The Morgan fingerprint density at radius 3 is 2.63 bits per heavy atom. The van der Waals surface area contributed by atoms with Gasteiger partial charge >= 0.3 is 0 Å². The number of fused-ring (bicyclic) bond motifs is 1. The van der Waals surface area contributed by atoms with Crippen LogP contribution in [0.25, 0.3) is 10.9 Å². The van der Waals surface area contributed by atoms with Crippen LogP contribution < -0.4 is 21.6 Å². The molecule has 2 aliphatic rings. The van der Waals surface area contributed by atoms with Crippen molar-refractivity contribution in [1.29, 1.82) is 5.26 Å². The molecule has 41 heavy (non-hydrogen) atoms. The highest BCUT2D eigenvalue weighted by molar-refractivity contribution is 6.36. The number of benzene rings is 3. The molecule has 6 rings (SSSR count). The summed E-state index contributed by atoms with van der Waals surface area (Å²) in [6.07, 6.45) is 2.97. The van der Waals surface area contributed by atoms with Crippen molar-refractivity contribution >= 4 is 51.2 Å². The lowest BCUT2D eigenvalue weighted by molar-refractivity contribution is -0.0441. The molecule has 1 saturated heterocycles. The maximum Gasteiger partial charge on any atom is 0.184 e. The molecule has 0 aliphatic carbocycles. The number of hydrogen-bond acceptors (Lipinski definition) is 9. The summed E-state index contributed by atoms with van der Waals surface area (Å²) >= 11 is 12.7. The van der Waals surface area contributed by atoms with Crippen molar-refractivity contribution in [1.82, 2.24) is 21.0 Å². The van der Waals surface area contributed by atoms with E-state index >= 15 is 0 Å². The minimum Gasteiger partial charge on any atom is -0.373 e. The molecule has 12 heteroatoms. The molecule has 208 valence electrons. The summed E-state index contributed by atoms with van der Waals surface area (Å²) < 4.78 is 25.2. The lowest BCUT2D eigenvalue weighted by atomic mass is 10.0. The van der Waals surface area contributed by atoms with Gasteiger partial charge in [-0.1, -0.05) is 41.4 Å². The fourth-order valence-electron chi connectivity index (χ4n) is 4.80. The minimum atomic E-state index is -0.539. The Morgan fingerprint density at radius 2 is 1.90 bits per heavy atom. The fourth-order valence-corrected chi connectivity index (χ4v) is 5.25.